The number of nitro benzene ring substituents is 1. The minimum atomic E-state index is -0.810. The van der Waals surface area contributed by atoms with Crippen molar-refractivity contribution >= 4 is 17.8 Å². The topological polar surface area (TPSA) is 107 Å². The first-order valence-electron chi connectivity index (χ1n) is 6.34. The first-order valence-corrected chi connectivity index (χ1v) is 6.34. The van der Waals surface area contributed by atoms with E-state index in [2.05, 4.69) is 10.5 Å². The van der Waals surface area contributed by atoms with Crippen LogP contribution in [0.15, 0.2) is 52.2 Å². The van der Waals surface area contributed by atoms with Gasteiger partial charge in [-0.3, -0.25) is 14.9 Å². The minimum absolute atomic E-state index is 0.0486. The molecule has 8 heteroatoms. The maximum Gasteiger partial charge on any atom is 0.280 e. The van der Waals surface area contributed by atoms with Gasteiger partial charge in [0.15, 0.2) is 6.10 Å². The summed E-state index contributed by atoms with van der Waals surface area (Å²) in [5.41, 5.74) is 2.26. The van der Waals surface area contributed by atoms with Gasteiger partial charge in [0.05, 0.1) is 17.4 Å². The van der Waals surface area contributed by atoms with Crippen LogP contribution in [0.4, 0.5) is 5.69 Å². The fourth-order valence-electron chi connectivity index (χ4n) is 1.52. The van der Waals surface area contributed by atoms with Crippen LogP contribution < -0.4 is 10.2 Å². The summed E-state index contributed by atoms with van der Waals surface area (Å²) in [7, 11) is 0. The van der Waals surface area contributed by atoms with E-state index in [0.29, 0.717) is 11.5 Å². The van der Waals surface area contributed by atoms with Gasteiger partial charge in [0.2, 0.25) is 0 Å². The Hall–Kier alpha value is -3.16. The lowest BCUT2D eigenvalue weighted by Gasteiger charge is -2.12. The summed E-state index contributed by atoms with van der Waals surface area (Å²) in [4.78, 5) is 21.8. The molecule has 0 saturated carbocycles. The molecule has 0 aliphatic rings. The van der Waals surface area contributed by atoms with Crippen LogP contribution in [0.2, 0.25) is 0 Å². The number of hydrogen-bond acceptors (Lipinski definition) is 6. The van der Waals surface area contributed by atoms with Gasteiger partial charge < -0.3 is 9.15 Å². The lowest BCUT2D eigenvalue weighted by atomic mass is 10.3. The number of furan rings is 1. The minimum Gasteiger partial charge on any atom is -0.481 e. The smallest absolute Gasteiger partial charge is 0.280 e. The van der Waals surface area contributed by atoms with E-state index in [0.717, 1.165) is 0 Å². The fourth-order valence-corrected chi connectivity index (χ4v) is 1.52. The third kappa shape index (κ3) is 4.17. The molecule has 2 rings (SSSR count). The first-order chi connectivity index (χ1) is 10.6. The van der Waals surface area contributed by atoms with Gasteiger partial charge in [0.1, 0.15) is 11.5 Å². The molecule has 114 valence electrons. The highest BCUT2D eigenvalue weighted by Crippen LogP contribution is 2.18. The van der Waals surface area contributed by atoms with Crippen molar-refractivity contribution in [3.8, 4) is 5.75 Å². The van der Waals surface area contributed by atoms with E-state index in [-0.39, 0.29) is 5.69 Å². The van der Waals surface area contributed by atoms with Crippen LogP contribution >= 0.6 is 0 Å². The van der Waals surface area contributed by atoms with Gasteiger partial charge in [0.25, 0.3) is 11.6 Å². The molecular formula is C14H13N3O5. The predicted molar refractivity (Wildman–Crippen MR) is 77.6 cm³/mol. The van der Waals surface area contributed by atoms with Crippen molar-refractivity contribution in [1.29, 1.82) is 0 Å². The van der Waals surface area contributed by atoms with Crippen molar-refractivity contribution in [3.63, 3.8) is 0 Å². The molecule has 2 aromatic rings. The van der Waals surface area contributed by atoms with Crippen molar-refractivity contribution in [2.24, 2.45) is 5.10 Å². The van der Waals surface area contributed by atoms with E-state index in [1.807, 2.05) is 0 Å². The zero-order chi connectivity index (χ0) is 15.9. The number of nitro groups is 1. The SMILES string of the molecule is C[C@H](Oc1ccc([N+](=O)[O-])cc1)C(=O)N/N=C\c1ccco1. The summed E-state index contributed by atoms with van der Waals surface area (Å²) < 4.78 is 10.4. The number of nitrogens with zero attached hydrogens (tertiary/aromatic N) is 2. The molecule has 22 heavy (non-hydrogen) atoms. The van der Waals surface area contributed by atoms with Crippen LogP contribution in [0.25, 0.3) is 0 Å². The van der Waals surface area contributed by atoms with E-state index in [4.69, 9.17) is 9.15 Å². The molecule has 0 radical (unpaired) electrons. The molecule has 0 aliphatic carbocycles. The normalized spacial score (nSPS) is 12.0. The van der Waals surface area contributed by atoms with Crippen LogP contribution in [0.3, 0.4) is 0 Å². The van der Waals surface area contributed by atoms with E-state index >= 15 is 0 Å². The van der Waals surface area contributed by atoms with Crippen LogP contribution in [0.1, 0.15) is 12.7 Å². The molecule has 0 spiro atoms. The largest absolute Gasteiger partial charge is 0.481 e. The summed E-state index contributed by atoms with van der Waals surface area (Å²) in [5.74, 6) is 0.397. The number of carbonyl (C=O) groups excluding carboxylic acids is 1. The summed E-state index contributed by atoms with van der Waals surface area (Å²) >= 11 is 0. The van der Waals surface area contributed by atoms with E-state index in [9.17, 15) is 14.9 Å². The number of non-ortho nitro benzene ring substituents is 1. The quantitative estimate of drug-likeness (QED) is 0.499. The van der Waals surface area contributed by atoms with Crippen molar-refractivity contribution in [2.45, 2.75) is 13.0 Å². The third-order valence-electron chi connectivity index (χ3n) is 2.64. The molecule has 1 amide bonds. The zero-order valence-electron chi connectivity index (χ0n) is 11.6. The number of carbonyl (C=O) groups is 1. The maximum absolute atomic E-state index is 11.8. The monoisotopic (exact) mass is 303 g/mol. The zero-order valence-corrected chi connectivity index (χ0v) is 11.6. The second kappa shape index (κ2) is 7.02. The maximum atomic E-state index is 11.8. The molecule has 8 nitrogen and oxygen atoms in total. The average molecular weight is 303 g/mol. The number of nitrogens with one attached hydrogen (secondary N) is 1. The van der Waals surface area contributed by atoms with Crippen molar-refractivity contribution in [3.05, 3.63) is 58.5 Å². The highest BCUT2D eigenvalue weighted by molar-refractivity contribution is 5.83. The van der Waals surface area contributed by atoms with Crippen LogP contribution in [0.5, 0.6) is 5.75 Å². The van der Waals surface area contributed by atoms with Gasteiger partial charge in [-0.15, -0.1) is 0 Å². The number of benzene rings is 1. The molecule has 0 aliphatic heterocycles. The second-order valence-electron chi connectivity index (χ2n) is 4.26. The molecule has 1 aromatic heterocycles. The highest BCUT2D eigenvalue weighted by atomic mass is 16.6. The molecule has 1 atom stereocenters. The highest BCUT2D eigenvalue weighted by Gasteiger charge is 2.14. The van der Waals surface area contributed by atoms with Gasteiger partial charge in [0, 0.05) is 12.1 Å². The van der Waals surface area contributed by atoms with Crippen LogP contribution in [-0.4, -0.2) is 23.1 Å². The van der Waals surface area contributed by atoms with Gasteiger partial charge in [-0.1, -0.05) is 0 Å². The summed E-state index contributed by atoms with van der Waals surface area (Å²) in [6.07, 6.45) is 2.04. The fraction of sp³-hybridized carbons (Fsp3) is 0.143. The van der Waals surface area contributed by atoms with E-state index in [1.54, 1.807) is 19.1 Å². The van der Waals surface area contributed by atoms with Gasteiger partial charge >= 0.3 is 0 Å². The van der Waals surface area contributed by atoms with Gasteiger partial charge in [-0.25, -0.2) is 5.43 Å². The van der Waals surface area contributed by atoms with Gasteiger partial charge in [-0.2, -0.15) is 5.10 Å². The first kappa shape index (κ1) is 15.2. The van der Waals surface area contributed by atoms with Crippen LogP contribution in [0, 0.1) is 10.1 Å². The lowest BCUT2D eigenvalue weighted by Crippen LogP contribution is -2.33. The molecule has 0 fully saturated rings. The Morgan fingerprint density at radius 2 is 2.14 bits per heavy atom. The summed E-state index contributed by atoms with van der Waals surface area (Å²) in [5, 5.41) is 14.3. The molecular weight excluding hydrogens is 290 g/mol. The van der Waals surface area contributed by atoms with Crippen molar-refractivity contribution < 1.29 is 18.9 Å². The van der Waals surface area contributed by atoms with E-state index in [1.165, 1.54) is 36.7 Å². The molecule has 1 N–H and O–H groups in total. The average Bonchev–Trinajstić information content (AvgIpc) is 3.01. The van der Waals surface area contributed by atoms with Crippen molar-refractivity contribution in [1.82, 2.24) is 5.43 Å². The predicted octanol–water partition coefficient (Wildman–Crippen LogP) is 2.11. The standard InChI is InChI=1S/C14H13N3O5/c1-10(14(18)16-15-9-13-3-2-8-21-13)22-12-6-4-11(5-7-12)17(19)20/h2-10H,1H3,(H,16,18)/b15-9-/t10-/m0/s1. The number of hydrogen-bond donors (Lipinski definition) is 1. The summed E-state index contributed by atoms with van der Waals surface area (Å²) in [6.45, 7) is 1.54. The Labute approximate surface area is 125 Å². The molecule has 1 heterocycles. The Kier molecular flexibility index (Phi) is 4.86. The van der Waals surface area contributed by atoms with Crippen LogP contribution in [-0.2, 0) is 4.79 Å². The third-order valence-corrected chi connectivity index (χ3v) is 2.64. The number of ether oxygens (including phenoxy) is 1. The summed E-state index contributed by atoms with van der Waals surface area (Å²) in [6, 6.07) is 8.84. The number of amides is 1. The molecule has 0 saturated heterocycles. The molecule has 0 unspecified atom stereocenters. The lowest BCUT2D eigenvalue weighted by molar-refractivity contribution is -0.384. The molecule has 1 aromatic carbocycles. The number of hydrazone groups is 1. The Bertz CT molecular complexity index is 664. The number of rotatable bonds is 6. The Balaban J connectivity index is 1.86. The Morgan fingerprint density at radius 1 is 1.41 bits per heavy atom. The molecule has 0 bridgehead atoms. The second-order valence-corrected chi connectivity index (χ2v) is 4.26. The van der Waals surface area contributed by atoms with Gasteiger partial charge in [-0.05, 0) is 31.2 Å². The Morgan fingerprint density at radius 3 is 2.73 bits per heavy atom. The van der Waals surface area contributed by atoms with E-state index < -0.39 is 16.9 Å². The van der Waals surface area contributed by atoms with Crippen molar-refractivity contribution in [2.75, 3.05) is 0 Å².